The molecule has 0 heterocycles. The van der Waals surface area contributed by atoms with E-state index in [1.807, 2.05) is 25.2 Å². The molecule has 0 aliphatic heterocycles. The highest BCUT2D eigenvalue weighted by Gasteiger charge is 2.15. The predicted octanol–water partition coefficient (Wildman–Crippen LogP) is 4.46. The lowest BCUT2D eigenvalue weighted by Crippen LogP contribution is -2.20. The lowest BCUT2D eigenvalue weighted by atomic mass is 9.93. The van der Waals surface area contributed by atoms with Gasteiger partial charge in [0.1, 0.15) is 0 Å². The van der Waals surface area contributed by atoms with Gasteiger partial charge in [-0.25, -0.2) is 0 Å². The molecule has 100 valence electrons. The van der Waals surface area contributed by atoms with Gasteiger partial charge < -0.3 is 5.32 Å². The Hall–Kier alpha value is -1.31. The minimum atomic E-state index is 0.244. The van der Waals surface area contributed by atoms with Crippen molar-refractivity contribution in [3.8, 4) is 0 Å². The number of halogens is 1. The molecular weight excluding hydrogens is 254 g/mol. The lowest BCUT2D eigenvalue weighted by molar-refractivity contribution is 0.589. The molecule has 1 atom stereocenters. The second-order valence-electron chi connectivity index (χ2n) is 4.94. The van der Waals surface area contributed by atoms with Gasteiger partial charge in [-0.1, -0.05) is 48.0 Å². The van der Waals surface area contributed by atoms with Gasteiger partial charge in [0.2, 0.25) is 0 Å². The molecule has 0 aliphatic carbocycles. The van der Waals surface area contributed by atoms with E-state index in [0.717, 1.165) is 17.0 Å². The Morgan fingerprint density at radius 1 is 1.00 bits per heavy atom. The van der Waals surface area contributed by atoms with E-state index in [1.54, 1.807) is 0 Å². The van der Waals surface area contributed by atoms with Crippen LogP contribution in [0.5, 0.6) is 0 Å². The highest BCUT2D eigenvalue weighted by molar-refractivity contribution is 6.31. The molecular formula is C17H20ClN. The second-order valence-corrected chi connectivity index (χ2v) is 5.34. The van der Waals surface area contributed by atoms with E-state index < -0.39 is 0 Å². The largest absolute Gasteiger partial charge is 0.313 e. The fourth-order valence-electron chi connectivity index (χ4n) is 2.50. The predicted molar refractivity (Wildman–Crippen MR) is 82.9 cm³/mol. The minimum absolute atomic E-state index is 0.244. The Kier molecular flexibility index (Phi) is 4.62. The summed E-state index contributed by atoms with van der Waals surface area (Å²) in [5, 5.41) is 4.20. The van der Waals surface area contributed by atoms with Crippen molar-refractivity contribution in [3.63, 3.8) is 0 Å². The zero-order valence-electron chi connectivity index (χ0n) is 11.7. The average molecular weight is 274 g/mol. The number of hydrogen-bond acceptors (Lipinski definition) is 1. The first kappa shape index (κ1) is 14.1. The smallest absolute Gasteiger partial charge is 0.0453 e. The number of hydrogen-bond donors (Lipinski definition) is 1. The Bertz CT molecular complexity index is 543. The minimum Gasteiger partial charge on any atom is -0.313 e. The number of aryl methyl sites for hydroxylation is 2. The van der Waals surface area contributed by atoms with Crippen molar-refractivity contribution in [2.75, 3.05) is 7.05 Å². The zero-order chi connectivity index (χ0) is 13.8. The summed E-state index contributed by atoms with van der Waals surface area (Å²) >= 11 is 6.30. The number of nitrogens with one attached hydrogen (secondary N) is 1. The number of rotatable bonds is 4. The summed E-state index contributed by atoms with van der Waals surface area (Å²) in [5.74, 6) is 0. The summed E-state index contributed by atoms with van der Waals surface area (Å²) in [6.45, 7) is 4.34. The van der Waals surface area contributed by atoms with Crippen LogP contribution < -0.4 is 5.32 Å². The van der Waals surface area contributed by atoms with Crippen LogP contribution in [0.1, 0.15) is 28.3 Å². The highest BCUT2D eigenvalue weighted by Crippen LogP contribution is 2.27. The highest BCUT2D eigenvalue weighted by atomic mass is 35.5. The molecule has 0 aliphatic rings. The van der Waals surface area contributed by atoms with Gasteiger partial charge >= 0.3 is 0 Å². The molecule has 0 saturated heterocycles. The molecule has 19 heavy (non-hydrogen) atoms. The number of benzene rings is 2. The summed E-state index contributed by atoms with van der Waals surface area (Å²) in [5.41, 5.74) is 5.25. The van der Waals surface area contributed by atoms with Crippen molar-refractivity contribution in [2.45, 2.75) is 26.3 Å². The fraction of sp³-hybridized carbons (Fsp3) is 0.294. The quantitative estimate of drug-likeness (QED) is 0.867. The average Bonchev–Trinajstić information content (AvgIpc) is 2.40. The molecule has 1 unspecified atom stereocenters. The first-order valence-corrected chi connectivity index (χ1v) is 6.98. The van der Waals surface area contributed by atoms with Crippen molar-refractivity contribution in [1.82, 2.24) is 5.32 Å². The maximum Gasteiger partial charge on any atom is 0.0453 e. The van der Waals surface area contributed by atoms with Crippen molar-refractivity contribution < 1.29 is 0 Å². The maximum absolute atomic E-state index is 6.30. The van der Waals surface area contributed by atoms with E-state index in [-0.39, 0.29) is 6.04 Å². The van der Waals surface area contributed by atoms with E-state index in [4.69, 9.17) is 11.6 Å². The van der Waals surface area contributed by atoms with Crippen LogP contribution in [0, 0.1) is 13.8 Å². The van der Waals surface area contributed by atoms with Crippen LogP contribution >= 0.6 is 11.6 Å². The van der Waals surface area contributed by atoms with E-state index in [2.05, 4.69) is 43.4 Å². The molecule has 0 spiro atoms. The molecule has 1 nitrogen and oxygen atoms in total. The SMILES string of the molecule is CNC(Cc1c(C)cccc1C)c1ccccc1Cl. The van der Waals surface area contributed by atoms with E-state index in [0.29, 0.717) is 0 Å². The first-order valence-electron chi connectivity index (χ1n) is 6.60. The third-order valence-electron chi connectivity index (χ3n) is 3.68. The molecule has 0 amide bonds. The molecule has 0 aromatic heterocycles. The van der Waals surface area contributed by atoms with Gasteiger partial charge in [-0.15, -0.1) is 0 Å². The van der Waals surface area contributed by atoms with Gasteiger partial charge in [-0.3, -0.25) is 0 Å². The standard InChI is InChI=1S/C17H20ClN/c1-12-7-6-8-13(2)15(12)11-17(19-3)14-9-4-5-10-16(14)18/h4-10,17,19H,11H2,1-3H3. The lowest BCUT2D eigenvalue weighted by Gasteiger charge is -2.20. The van der Waals surface area contributed by atoms with Crippen LogP contribution in [-0.2, 0) is 6.42 Å². The van der Waals surface area contributed by atoms with Gasteiger partial charge in [0, 0.05) is 11.1 Å². The van der Waals surface area contributed by atoms with Gasteiger partial charge in [0.15, 0.2) is 0 Å². The Labute approximate surface area is 120 Å². The molecule has 2 rings (SSSR count). The van der Waals surface area contributed by atoms with Crippen molar-refractivity contribution in [2.24, 2.45) is 0 Å². The summed E-state index contributed by atoms with van der Waals surface area (Å²) < 4.78 is 0. The molecule has 2 aromatic rings. The van der Waals surface area contributed by atoms with E-state index in [9.17, 15) is 0 Å². The summed E-state index contributed by atoms with van der Waals surface area (Å²) in [6, 6.07) is 14.7. The van der Waals surface area contributed by atoms with Gasteiger partial charge in [0.05, 0.1) is 0 Å². The van der Waals surface area contributed by atoms with Crippen LogP contribution in [-0.4, -0.2) is 7.05 Å². The van der Waals surface area contributed by atoms with Crippen molar-refractivity contribution >= 4 is 11.6 Å². The summed E-state index contributed by atoms with van der Waals surface area (Å²) in [6.07, 6.45) is 0.957. The maximum atomic E-state index is 6.30. The third-order valence-corrected chi connectivity index (χ3v) is 4.03. The Morgan fingerprint density at radius 3 is 2.21 bits per heavy atom. The van der Waals surface area contributed by atoms with Gasteiger partial charge in [-0.2, -0.15) is 0 Å². The first-order chi connectivity index (χ1) is 9.13. The van der Waals surface area contributed by atoms with Crippen molar-refractivity contribution in [3.05, 3.63) is 69.7 Å². The zero-order valence-corrected chi connectivity index (χ0v) is 12.5. The van der Waals surface area contributed by atoms with Crippen LogP contribution in [0.2, 0.25) is 5.02 Å². The van der Waals surface area contributed by atoms with Gasteiger partial charge in [-0.05, 0) is 55.6 Å². The van der Waals surface area contributed by atoms with E-state index in [1.165, 1.54) is 16.7 Å². The Balaban J connectivity index is 2.32. The van der Waals surface area contributed by atoms with Crippen LogP contribution in [0.4, 0.5) is 0 Å². The molecule has 0 bridgehead atoms. The van der Waals surface area contributed by atoms with Crippen LogP contribution in [0.25, 0.3) is 0 Å². The molecule has 0 radical (unpaired) electrons. The molecule has 0 saturated carbocycles. The second kappa shape index (κ2) is 6.23. The monoisotopic (exact) mass is 273 g/mol. The van der Waals surface area contributed by atoms with Crippen LogP contribution in [0.3, 0.4) is 0 Å². The van der Waals surface area contributed by atoms with E-state index >= 15 is 0 Å². The summed E-state index contributed by atoms with van der Waals surface area (Å²) in [4.78, 5) is 0. The van der Waals surface area contributed by atoms with Gasteiger partial charge in [0.25, 0.3) is 0 Å². The number of likely N-dealkylation sites (N-methyl/N-ethyl adjacent to an activating group) is 1. The fourth-order valence-corrected chi connectivity index (χ4v) is 2.77. The van der Waals surface area contributed by atoms with Crippen LogP contribution in [0.15, 0.2) is 42.5 Å². The normalized spacial score (nSPS) is 12.4. The third kappa shape index (κ3) is 3.17. The molecule has 2 aromatic carbocycles. The van der Waals surface area contributed by atoms with Crippen molar-refractivity contribution in [1.29, 1.82) is 0 Å². The molecule has 2 heteroatoms. The molecule has 1 N–H and O–H groups in total. The molecule has 0 fully saturated rings. The Morgan fingerprint density at radius 2 is 1.63 bits per heavy atom. The topological polar surface area (TPSA) is 12.0 Å². The summed E-state index contributed by atoms with van der Waals surface area (Å²) in [7, 11) is 1.99.